The van der Waals surface area contributed by atoms with Crippen molar-refractivity contribution in [3.8, 4) is 0 Å². The molecular weight excluding hydrogens is 352 g/mol. The smallest absolute Gasteiger partial charge is 0.270 e. The zero-order chi connectivity index (χ0) is 19.7. The lowest BCUT2D eigenvalue weighted by molar-refractivity contribution is 0.0174. The van der Waals surface area contributed by atoms with Gasteiger partial charge in [0.1, 0.15) is 0 Å². The lowest BCUT2D eigenvalue weighted by Crippen LogP contribution is -2.07. The van der Waals surface area contributed by atoms with Crippen LogP contribution in [0, 0.1) is 6.92 Å². The molecule has 0 unspecified atom stereocenters. The summed E-state index contributed by atoms with van der Waals surface area (Å²) in [7, 11) is 0. The largest absolute Gasteiger partial charge is 0.343 e. The predicted octanol–water partition coefficient (Wildman–Crippen LogP) is 6.70. The molecule has 0 aliphatic heterocycles. The van der Waals surface area contributed by atoms with Crippen molar-refractivity contribution in [2.24, 2.45) is 0 Å². The molecule has 0 radical (unpaired) electrons. The Morgan fingerprint density at radius 1 is 0.857 bits per heavy atom. The third kappa shape index (κ3) is 3.84. The van der Waals surface area contributed by atoms with Crippen molar-refractivity contribution >= 4 is 10.9 Å². The van der Waals surface area contributed by atoms with Crippen LogP contribution in [-0.4, -0.2) is 4.57 Å². The standard InChI is InChI=1S/C25H23F2N/c1-18-8-13-24-23(14-18)21(15-19-6-4-3-5-7-19)17-28(24)16-20-9-11-22(12-10-20)25(2,26)27/h3-14,17H,15-16H2,1-2H3. The van der Waals surface area contributed by atoms with Crippen LogP contribution in [0.2, 0.25) is 0 Å². The molecule has 0 spiro atoms. The number of rotatable bonds is 5. The third-order valence-electron chi connectivity index (χ3n) is 5.17. The van der Waals surface area contributed by atoms with E-state index in [1.165, 1.54) is 39.7 Å². The molecule has 0 atom stereocenters. The van der Waals surface area contributed by atoms with Crippen LogP contribution in [-0.2, 0) is 18.9 Å². The van der Waals surface area contributed by atoms with E-state index in [0.717, 1.165) is 18.9 Å². The van der Waals surface area contributed by atoms with Crippen molar-refractivity contribution < 1.29 is 8.78 Å². The molecule has 1 aromatic heterocycles. The molecule has 28 heavy (non-hydrogen) atoms. The predicted molar refractivity (Wildman–Crippen MR) is 111 cm³/mol. The quantitative estimate of drug-likeness (QED) is 0.366. The Morgan fingerprint density at radius 3 is 2.25 bits per heavy atom. The number of aromatic nitrogens is 1. The van der Waals surface area contributed by atoms with Crippen molar-refractivity contribution in [3.63, 3.8) is 0 Å². The molecule has 0 saturated heterocycles. The van der Waals surface area contributed by atoms with Gasteiger partial charge in [0, 0.05) is 36.1 Å². The Morgan fingerprint density at radius 2 is 1.57 bits per heavy atom. The SMILES string of the molecule is Cc1ccc2c(c1)c(Cc1ccccc1)cn2Cc1ccc(C(C)(F)F)cc1. The maximum absolute atomic E-state index is 13.5. The van der Waals surface area contributed by atoms with Gasteiger partial charge in [0.25, 0.3) is 5.92 Å². The molecule has 0 aliphatic carbocycles. The van der Waals surface area contributed by atoms with Crippen LogP contribution >= 0.6 is 0 Å². The molecule has 0 saturated carbocycles. The highest BCUT2D eigenvalue weighted by molar-refractivity contribution is 5.85. The van der Waals surface area contributed by atoms with E-state index in [1.807, 2.05) is 6.07 Å². The zero-order valence-corrected chi connectivity index (χ0v) is 16.1. The molecule has 3 heteroatoms. The van der Waals surface area contributed by atoms with Gasteiger partial charge in [-0.3, -0.25) is 0 Å². The van der Waals surface area contributed by atoms with Crippen LogP contribution in [0.5, 0.6) is 0 Å². The first-order chi connectivity index (χ1) is 13.4. The molecule has 0 fully saturated rings. The number of halogens is 2. The van der Waals surface area contributed by atoms with E-state index in [1.54, 1.807) is 12.1 Å². The summed E-state index contributed by atoms with van der Waals surface area (Å²) in [6.07, 6.45) is 3.06. The minimum atomic E-state index is -2.81. The van der Waals surface area contributed by atoms with E-state index in [-0.39, 0.29) is 5.56 Å². The maximum Gasteiger partial charge on any atom is 0.270 e. The van der Waals surface area contributed by atoms with Gasteiger partial charge in [-0.15, -0.1) is 0 Å². The zero-order valence-electron chi connectivity index (χ0n) is 16.1. The van der Waals surface area contributed by atoms with E-state index in [4.69, 9.17) is 0 Å². The molecule has 0 amide bonds. The molecular formula is C25H23F2N. The summed E-state index contributed by atoms with van der Waals surface area (Å²) in [5.41, 5.74) is 6.01. The Kier molecular flexibility index (Phi) is 4.76. The first-order valence-electron chi connectivity index (χ1n) is 9.50. The summed E-state index contributed by atoms with van der Waals surface area (Å²) in [6.45, 7) is 3.69. The van der Waals surface area contributed by atoms with Gasteiger partial charge in [-0.25, -0.2) is 8.78 Å². The number of hydrogen-bond acceptors (Lipinski definition) is 0. The Labute approximate surface area is 164 Å². The number of aryl methyl sites for hydroxylation is 1. The molecule has 1 nitrogen and oxygen atoms in total. The second-order valence-corrected chi connectivity index (χ2v) is 7.55. The monoisotopic (exact) mass is 375 g/mol. The molecule has 3 aromatic carbocycles. The molecule has 0 N–H and O–H groups in total. The van der Waals surface area contributed by atoms with Gasteiger partial charge in [-0.1, -0.05) is 66.2 Å². The average molecular weight is 375 g/mol. The summed E-state index contributed by atoms with van der Waals surface area (Å²) in [4.78, 5) is 0. The van der Waals surface area contributed by atoms with Gasteiger partial charge in [0.15, 0.2) is 0 Å². The highest BCUT2D eigenvalue weighted by atomic mass is 19.3. The van der Waals surface area contributed by atoms with E-state index in [9.17, 15) is 8.78 Å². The van der Waals surface area contributed by atoms with Gasteiger partial charge < -0.3 is 4.57 Å². The molecule has 0 bridgehead atoms. The fourth-order valence-corrected chi connectivity index (χ4v) is 3.67. The number of fused-ring (bicyclic) bond motifs is 1. The van der Waals surface area contributed by atoms with Crippen LogP contribution in [0.25, 0.3) is 10.9 Å². The minimum Gasteiger partial charge on any atom is -0.343 e. The number of nitrogens with zero attached hydrogens (tertiary/aromatic N) is 1. The van der Waals surface area contributed by atoms with Crippen molar-refractivity contribution in [2.75, 3.05) is 0 Å². The first kappa shape index (κ1) is 18.4. The van der Waals surface area contributed by atoms with Crippen molar-refractivity contribution in [1.82, 2.24) is 4.57 Å². The molecule has 142 valence electrons. The summed E-state index contributed by atoms with van der Waals surface area (Å²) in [5.74, 6) is -2.81. The summed E-state index contributed by atoms with van der Waals surface area (Å²) in [5, 5.41) is 1.25. The Bertz CT molecular complexity index is 1090. The van der Waals surface area contributed by atoms with Crippen molar-refractivity contribution in [1.29, 1.82) is 0 Å². The molecule has 4 aromatic rings. The fourth-order valence-electron chi connectivity index (χ4n) is 3.67. The average Bonchev–Trinajstić information content (AvgIpc) is 2.99. The van der Waals surface area contributed by atoms with Crippen molar-refractivity contribution in [3.05, 3.63) is 107 Å². The van der Waals surface area contributed by atoms with E-state index in [2.05, 4.69) is 60.2 Å². The van der Waals surface area contributed by atoms with Gasteiger partial charge in [-0.05, 0) is 42.2 Å². The van der Waals surface area contributed by atoms with Gasteiger partial charge in [-0.2, -0.15) is 0 Å². The Hall–Kier alpha value is -2.94. The van der Waals surface area contributed by atoms with Crippen LogP contribution < -0.4 is 0 Å². The summed E-state index contributed by atoms with van der Waals surface area (Å²) < 4.78 is 29.1. The van der Waals surface area contributed by atoms with Crippen LogP contribution in [0.1, 0.15) is 34.7 Å². The van der Waals surface area contributed by atoms with Gasteiger partial charge >= 0.3 is 0 Å². The second-order valence-electron chi connectivity index (χ2n) is 7.55. The summed E-state index contributed by atoms with van der Waals surface area (Å²) >= 11 is 0. The maximum atomic E-state index is 13.5. The van der Waals surface area contributed by atoms with Gasteiger partial charge in [0.05, 0.1) is 0 Å². The van der Waals surface area contributed by atoms with Crippen LogP contribution in [0.15, 0.2) is 79.0 Å². The lowest BCUT2D eigenvalue weighted by atomic mass is 10.0. The lowest BCUT2D eigenvalue weighted by Gasteiger charge is -2.11. The van der Waals surface area contributed by atoms with Crippen LogP contribution in [0.3, 0.4) is 0 Å². The van der Waals surface area contributed by atoms with E-state index in [0.29, 0.717) is 6.54 Å². The number of alkyl halides is 2. The third-order valence-corrected chi connectivity index (χ3v) is 5.17. The number of benzene rings is 3. The molecule has 4 rings (SSSR count). The summed E-state index contributed by atoms with van der Waals surface area (Å²) in [6, 6.07) is 23.6. The number of hydrogen-bond donors (Lipinski definition) is 0. The topological polar surface area (TPSA) is 4.93 Å². The minimum absolute atomic E-state index is 0.0500. The first-order valence-corrected chi connectivity index (χ1v) is 9.50. The van der Waals surface area contributed by atoms with E-state index < -0.39 is 5.92 Å². The second kappa shape index (κ2) is 7.23. The van der Waals surface area contributed by atoms with Gasteiger partial charge in [0.2, 0.25) is 0 Å². The van der Waals surface area contributed by atoms with Crippen molar-refractivity contribution in [2.45, 2.75) is 32.7 Å². The van der Waals surface area contributed by atoms with E-state index >= 15 is 0 Å². The molecule has 0 aliphatic rings. The highest BCUT2D eigenvalue weighted by Gasteiger charge is 2.23. The normalized spacial score (nSPS) is 11.9. The Balaban J connectivity index is 1.69. The highest BCUT2D eigenvalue weighted by Crippen LogP contribution is 2.28. The van der Waals surface area contributed by atoms with Crippen LogP contribution in [0.4, 0.5) is 8.78 Å². The molecule has 1 heterocycles. The fraction of sp³-hybridized carbons (Fsp3) is 0.200.